The second kappa shape index (κ2) is 5.30. The van der Waals surface area contributed by atoms with Gasteiger partial charge in [-0.25, -0.2) is 4.39 Å². The van der Waals surface area contributed by atoms with E-state index < -0.39 is 0 Å². The van der Waals surface area contributed by atoms with Crippen molar-refractivity contribution in [3.63, 3.8) is 0 Å². The SMILES string of the molecule is Cc1cc(Cn2c(C)cc3c2CCCC3O)cc(C)c1F. The van der Waals surface area contributed by atoms with Gasteiger partial charge in [0.25, 0.3) is 0 Å². The van der Waals surface area contributed by atoms with Crippen LogP contribution < -0.4 is 0 Å². The first-order valence-electron chi connectivity index (χ1n) is 7.60. The number of fused-ring (bicyclic) bond motifs is 1. The van der Waals surface area contributed by atoms with Crippen molar-refractivity contribution >= 4 is 0 Å². The van der Waals surface area contributed by atoms with Gasteiger partial charge in [-0.2, -0.15) is 0 Å². The second-order valence-corrected chi connectivity index (χ2v) is 6.23. The molecule has 112 valence electrons. The smallest absolute Gasteiger partial charge is 0.129 e. The van der Waals surface area contributed by atoms with E-state index in [0.717, 1.165) is 36.9 Å². The predicted molar refractivity (Wildman–Crippen MR) is 82.0 cm³/mol. The molecule has 1 aliphatic rings. The summed E-state index contributed by atoms with van der Waals surface area (Å²) < 4.78 is 16.0. The minimum Gasteiger partial charge on any atom is -0.388 e. The Morgan fingerprint density at radius 1 is 1.19 bits per heavy atom. The quantitative estimate of drug-likeness (QED) is 0.888. The first-order valence-corrected chi connectivity index (χ1v) is 7.60. The molecule has 2 aromatic rings. The fourth-order valence-corrected chi connectivity index (χ4v) is 3.47. The molecule has 0 saturated carbocycles. The Bertz CT molecular complexity index is 664. The van der Waals surface area contributed by atoms with Crippen molar-refractivity contribution in [2.45, 2.75) is 52.7 Å². The van der Waals surface area contributed by atoms with Crippen molar-refractivity contribution in [2.75, 3.05) is 0 Å². The number of hydrogen-bond donors (Lipinski definition) is 1. The van der Waals surface area contributed by atoms with Gasteiger partial charge < -0.3 is 9.67 Å². The van der Waals surface area contributed by atoms with E-state index in [-0.39, 0.29) is 11.9 Å². The third-order valence-corrected chi connectivity index (χ3v) is 4.54. The Morgan fingerprint density at radius 2 is 1.86 bits per heavy atom. The summed E-state index contributed by atoms with van der Waals surface area (Å²) in [6.45, 7) is 6.45. The molecule has 0 bridgehead atoms. The lowest BCUT2D eigenvalue weighted by molar-refractivity contribution is 0.156. The summed E-state index contributed by atoms with van der Waals surface area (Å²) in [5.74, 6) is -0.111. The summed E-state index contributed by atoms with van der Waals surface area (Å²) in [4.78, 5) is 0. The largest absolute Gasteiger partial charge is 0.388 e. The number of nitrogens with zero attached hydrogens (tertiary/aromatic N) is 1. The van der Waals surface area contributed by atoms with Gasteiger partial charge in [-0.05, 0) is 62.8 Å². The highest BCUT2D eigenvalue weighted by molar-refractivity contribution is 5.35. The number of aliphatic hydroxyl groups is 1. The number of aromatic nitrogens is 1. The monoisotopic (exact) mass is 287 g/mol. The fourth-order valence-electron chi connectivity index (χ4n) is 3.47. The van der Waals surface area contributed by atoms with Crippen LogP contribution in [-0.4, -0.2) is 9.67 Å². The summed E-state index contributed by atoms with van der Waals surface area (Å²) in [7, 11) is 0. The maximum absolute atomic E-state index is 13.8. The van der Waals surface area contributed by atoms with E-state index in [2.05, 4.69) is 17.6 Å². The molecule has 0 saturated heterocycles. The van der Waals surface area contributed by atoms with Crippen LogP contribution in [0.2, 0.25) is 0 Å². The molecule has 21 heavy (non-hydrogen) atoms. The van der Waals surface area contributed by atoms with Gasteiger partial charge in [0.15, 0.2) is 0 Å². The molecular formula is C18H22FNO. The zero-order valence-corrected chi connectivity index (χ0v) is 12.9. The molecule has 2 nitrogen and oxygen atoms in total. The third-order valence-electron chi connectivity index (χ3n) is 4.54. The first kappa shape index (κ1) is 14.3. The molecule has 3 rings (SSSR count). The Balaban J connectivity index is 1.99. The van der Waals surface area contributed by atoms with Crippen molar-refractivity contribution in [3.8, 4) is 0 Å². The van der Waals surface area contributed by atoms with Crippen LogP contribution in [0.5, 0.6) is 0 Å². The number of hydrogen-bond acceptors (Lipinski definition) is 1. The normalized spacial score (nSPS) is 17.9. The lowest BCUT2D eigenvalue weighted by atomic mass is 9.95. The lowest BCUT2D eigenvalue weighted by Gasteiger charge is -2.21. The van der Waals surface area contributed by atoms with Crippen molar-refractivity contribution in [2.24, 2.45) is 0 Å². The van der Waals surface area contributed by atoms with Crippen LogP contribution in [0.15, 0.2) is 18.2 Å². The molecule has 1 heterocycles. The summed E-state index contributed by atoms with van der Waals surface area (Å²) in [5, 5.41) is 10.1. The molecule has 3 heteroatoms. The van der Waals surface area contributed by atoms with Gasteiger partial charge in [-0.15, -0.1) is 0 Å². The summed E-state index contributed by atoms with van der Waals surface area (Å²) in [6.07, 6.45) is 2.56. The molecule has 1 aromatic carbocycles. The maximum atomic E-state index is 13.8. The molecule has 0 aliphatic heterocycles. The molecule has 0 amide bonds. The molecule has 0 radical (unpaired) electrons. The Kier molecular flexibility index (Phi) is 3.62. The zero-order valence-electron chi connectivity index (χ0n) is 12.9. The topological polar surface area (TPSA) is 25.2 Å². The van der Waals surface area contributed by atoms with Crippen LogP contribution in [-0.2, 0) is 13.0 Å². The van der Waals surface area contributed by atoms with Gasteiger partial charge in [0.1, 0.15) is 5.82 Å². The van der Waals surface area contributed by atoms with E-state index in [0.29, 0.717) is 11.1 Å². The van der Waals surface area contributed by atoms with Gasteiger partial charge in [0.05, 0.1) is 6.10 Å². The van der Waals surface area contributed by atoms with Gasteiger partial charge in [-0.1, -0.05) is 12.1 Å². The molecule has 1 aromatic heterocycles. The molecule has 1 N–H and O–H groups in total. The molecular weight excluding hydrogens is 265 g/mol. The zero-order chi connectivity index (χ0) is 15.1. The van der Waals surface area contributed by atoms with Gasteiger partial charge in [0.2, 0.25) is 0 Å². The highest BCUT2D eigenvalue weighted by Crippen LogP contribution is 2.32. The minimum absolute atomic E-state index is 0.111. The predicted octanol–water partition coefficient (Wildman–Crippen LogP) is 3.97. The van der Waals surface area contributed by atoms with Crippen molar-refractivity contribution in [1.82, 2.24) is 4.57 Å². The van der Waals surface area contributed by atoms with Crippen molar-refractivity contribution in [1.29, 1.82) is 0 Å². The summed E-state index contributed by atoms with van der Waals surface area (Å²) in [6, 6.07) is 5.95. The summed E-state index contributed by atoms with van der Waals surface area (Å²) >= 11 is 0. The number of halogens is 1. The molecule has 1 unspecified atom stereocenters. The minimum atomic E-state index is -0.328. The van der Waals surface area contributed by atoms with Crippen LogP contribution in [0.3, 0.4) is 0 Å². The average Bonchev–Trinajstić information content (AvgIpc) is 2.75. The van der Waals surface area contributed by atoms with Crippen LogP contribution in [0.1, 0.15) is 52.6 Å². The number of benzene rings is 1. The van der Waals surface area contributed by atoms with E-state index in [1.165, 1.54) is 11.4 Å². The van der Waals surface area contributed by atoms with Gasteiger partial charge in [0, 0.05) is 23.5 Å². The molecule has 1 atom stereocenters. The number of aryl methyl sites for hydroxylation is 3. The first-order chi connectivity index (χ1) is 9.97. The van der Waals surface area contributed by atoms with Crippen LogP contribution >= 0.6 is 0 Å². The van der Waals surface area contributed by atoms with Crippen LogP contribution in [0.25, 0.3) is 0 Å². The van der Waals surface area contributed by atoms with E-state index in [1.807, 2.05) is 26.0 Å². The second-order valence-electron chi connectivity index (χ2n) is 6.23. The third kappa shape index (κ3) is 2.51. The number of rotatable bonds is 2. The Labute approximate surface area is 125 Å². The van der Waals surface area contributed by atoms with Crippen LogP contribution in [0, 0.1) is 26.6 Å². The highest BCUT2D eigenvalue weighted by atomic mass is 19.1. The highest BCUT2D eigenvalue weighted by Gasteiger charge is 2.23. The Morgan fingerprint density at radius 3 is 2.52 bits per heavy atom. The lowest BCUT2D eigenvalue weighted by Crippen LogP contribution is -2.13. The number of aliphatic hydroxyl groups excluding tert-OH is 1. The standard InChI is InChI=1S/C18H22FNO/c1-11-7-14(8-12(2)18(11)19)10-20-13(3)9-15-16(20)5-4-6-17(15)21/h7-9,17,21H,4-6,10H2,1-3H3. The van der Waals surface area contributed by atoms with E-state index in [4.69, 9.17) is 0 Å². The van der Waals surface area contributed by atoms with Crippen LogP contribution in [0.4, 0.5) is 4.39 Å². The average molecular weight is 287 g/mol. The van der Waals surface area contributed by atoms with E-state index in [1.54, 1.807) is 0 Å². The molecule has 0 spiro atoms. The van der Waals surface area contributed by atoms with E-state index in [9.17, 15) is 9.50 Å². The Hall–Kier alpha value is -1.61. The molecule has 1 aliphatic carbocycles. The van der Waals surface area contributed by atoms with Gasteiger partial charge >= 0.3 is 0 Å². The maximum Gasteiger partial charge on any atom is 0.129 e. The fraction of sp³-hybridized carbons (Fsp3) is 0.444. The van der Waals surface area contributed by atoms with E-state index >= 15 is 0 Å². The van der Waals surface area contributed by atoms with Crippen molar-refractivity contribution in [3.05, 3.63) is 57.7 Å². The molecule has 0 fully saturated rings. The van der Waals surface area contributed by atoms with Crippen molar-refractivity contribution < 1.29 is 9.50 Å². The van der Waals surface area contributed by atoms with Gasteiger partial charge in [-0.3, -0.25) is 0 Å². The summed E-state index contributed by atoms with van der Waals surface area (Å²) in [5.41, 5.74) is 6.00.